The van der Waals surface area contributed by atoms with Gasteiger partial charge in [-0.1, -0.05) is 42.0 Å². The van der Waals surface area contributed by atoms with Crippen LogP contribution in [-0.2, 0) is 14.8 Å². The molecule has 32 heavy (non-hydrogen) atoms. The van der Waals surface area contributed by atoms with Crippen LogP contribution in [0.1, 0.15) is 34.5 Å². The maximum atomic E-state index is 12.8. The molecule has 1 amide bonds. The lowest BCUT2D eigenvalue weighted by Gasteiger charge is -2.25. The molecule has 0 aliphatic carbocycles. The summed E-state index contributed by atoms with van der Waals surface area (Å²) in [5.41, 5.74) is 3.66. The first kappa shape index (κ1) is 22.7. The summed E-state index contributed by atoms with van der Waals surface area (Å²) in [5, 5.41) is 3.02. The van der Waals surface area contributed by atoms with Crippen molar-refractivity contribution in [3.8, 4) is 10.4 Å². The molecule has 1 N–H and O–H groups in total. The predicted molar refractivity (Wildman–Crippen MR) is 126 cm³/mol. The second-order valence-corrected chi connectivity index (χ2v) is 11.1. The highest BCUT2D eigenvalue weighted by Gasteiger charge is 2.27. The van der Waals surface area contributed by atoms with Gasteiger partial charge < -0.3 is 10.1 Å². The maximum absolute atomic E-state index is 12.8. The summed E-state index contributed by atoms with van der Waals surface area (Å²) >= 11 is 1.24. The van der Waals surface area contributed by atoms with Crippen LogP contribution in [0.4, 0.5) is 0 Å². The van der Waals surface area contributed by atoms with Crippen molar-refractivity contribution in [2.45, 2.75) is 24.1 Å². The SMILES string of the molecule is Cc1ccc(C(C)NC(=O)c2ccc(-c3ccc(S(=O)(=O)N4CCOCC4)s3)cc2)cc1. The van der Waals surface area contributed by atoms with Crippen molar-refractivity contribution < 1.29 is 17.9 Å². The van der Waals surface area contributed by atoms with E-state index in [1.54, 1.807) is 18.2 Å². The summed E-state index contributed by atoms with van der Waals surface area (Å²) in [6, 6.07) is 18.7. The first-order chi connectivity index (χ1) is 15.3. The van der Waals surface area contributed by atoms with Gasteiger partial charge in [0.1, 0.15) is 4.21 Å². The van der Waals surface area contributed by atoms with E-state index in [1.807, 2.05) is 56.3 Å². The van der Waals surface area contributed by atoms with E-state index in [4.69, 9.17) is 4.74 Å². The van der Waals surface area contributed by atoms with Gasteiger partial charge in [-0.2, -0.15) is 4.31 Å². The van der Waals surface area contributed by atoms with Gasteiger partial charge in [0.2, 0.25) is 0 Å². The normalized spacial score (nSPS) is 15.9. The molecule has 0 radical (unpaired) electrons. The number of thiophene rings is 1. The summed E-state index contributed by atoms with van der Waals surface area (Å²) in [5.74, 6) is -0.147. The number of hydrogen-bond donors (Lipinski definition) is 1. The molecule has 1 aliphatic heterocycles. The minimum Gasteiger partial charge on any atom is -0.379 e. The number of carbonyl (C=O) groups is 1. The zero-order valence-electron chi connectivity index (χ0n) is 18.1. The van der Waals surface area contributed by atoms with Gasteiger partial charge in [-0.05, 0) is 49.2 Å². The first-order valence-corrected chi connectivity index (χ1v) is 12.8. The van der Waals surface area contributed by atoms with E-state index >= 15 is 0 Å². The molecule has 1 saturated heterocycles. The summed E-state index contributed by atoms with van der Waals surface area (Å²) in [6.07, 6.45) is 0. The van der Waals surface area contributed by atoms with Crippen molar-refractivity contribution in [2.24, 2.45) is 0 Å². The van der Waals surface area contributed by atoms with Gasteiger partial charge in [0, 0.05) is 23.5 Å². The van der Waals surface area contributed by atoms with E-state index in [0.29, 0.717) is 36.1 Å². The zero-order chi connectivity index (χ0) is 22.7. The molecule has 8 heteroatoms. The number of morpholine rings is 1. The lowest BCUT2D eigenvalue weighted by atomic mass is 10.1. The highest BCUT2D eigenvalue weighted by atomic mass is 32.2. The predicted octanol–water partition coefficient (Wildman–Crippen LogP) is 4.24. The van der Waals surface area contributed by atoms with Crippen molar-refractivity contribution in [2.75, 3.05) is 26.3 Å². The lowest BCUT2D eigenvalue weighted by molar-refractivity contribution is 0.0731. The van der Waals surface area contributed by atoms with E-state index in [-0.39, 0.29) is 11.9 Å². The van der Waals surface area contributed by atoms with Gasteiger partial charge in [-0.3, -0.25) is 4.79 Å². The molecule has 1 unspecified atom stereocenters. The Bertz CT molecular complexity index is 1180. The van der Waals surface area contributed by atoms with Crippen molar-refractivity contribution in [1.29, 1.82) is 0 Å². The standard InChI is InChI=1S/C24H26N2O4S2/c1-17-3-5-19(6-4-17)18(2)25-24(27)21-9-7-20(8-10-21)22-11-12-23(31-22)32(28,29)26-13-15-30-16-14-26/h3-12,18H,13-16H2,1-2H3,(H,25,27). The minimum absolute atomic E-state index is 0.104. The van der Waals surface area contributed by atoms with Crippen LogP contribution in [0.15, 0.2) is 64.9 Å². The smallest absolute Gasteiger partial charge is 0.252 e. The number of nitrogens with zero attached hydrogens (tertiary/aromatic N) is 1. The molecule has 0 spiro atoms. The van der Waals surface area contributed by atoms with Crippen LogP contribution in [0, 0.1) is 6.92 Å². The van der Waals surface area contributed by atoms with Gasteiger partial charge in [0.15, 0.2) is 0 Å². The fourth-order valence-corrected chi connectivity index (χ4v) is 6.41. The molecule has 0 bridgehead atoms. The number of rotatable bonds is 6. The quantitative estimate of drug-likeness (QED) is 0.585. The Hall–Kier alpha value is -2.52. The van der Waals surface area contributed by atoms with Crippen LogP contribution in [0.5, 0.6) is 0 Å². The van der Waals surface area contributed by atoms with Gasteiger partial charge in [-0.15, -0.1) is 11.3 Å². The second kappa shape index (κ2) is 9.54. The second-order valence-electron chi connectivity index (χ2n) is 7.82. The van der Waals surface area contributed by atoms with E-state index in [9.17, 15) is 13.2 Å². The van der Waals surface area contributed by atoms with Crippen molar-refractivity contribution in [1.82, 2.24) is 9.62 Å². The van der Waals surface area contributed by atoms with Crippen LogP contribution in [0.25, 0.3) is 10.4 Å². The third-order valence-corrected chi connectivity index (χ3v) is 9.00. The van der Waals surface area contributed by atoms with Crippen LogP contribution < -0.4 is 5.32 Å². The number of hydrogen-bond acceptors (Lipinski definition) is 5. The molecule has 0 saturated carbocycles. The largest absolute Gasteiger partial charge is 0.379 e. The molecular weight excluding hydrogens is 444 g/mol. The molecule has 2 heterocycles. The van der Waals surface area contributed by atoms with Crippen molar-refractivity contribution >= 4 is 27.3 Å². The molecule has 2 aromatic carbocycles. The average Bonchev–Trinajstić information content (AvgIpc) is 3.31. The van der Waals surface area contributed by atoms with Gasteiger partial charge >= 0.3 is 0 Å². The summed E-state index contributed by atoms with van der Waals surface area (Å²) in [7, 11) is -3.51. The fourth-order valence-electron chi connectivity index (χ4n) is 3.53. The Labute approximate surface area is 192 Å². The van der Waals surface area contributed by atoms with Crippen LogP contribution >= 0.6 is 11.3 Å². The van der Waals surface area contributed by atoms with E-state index in [1.165, 1.54) is 21.2 Å². The molecule has 168 valence electrons. The van der Waals surface area contributed by atoms with E-state index < -0.39 is 10.0 Å². The summed E-state index contributed by atoms with van der Waals surface area (Å²) < 4.78 is 32.7. The number of ether oxygens (including phenoxy) is 1. The topological polar surface area (TPSA) is 75.7 Å². The lowest BCUT2D eigenvalue weighted by Crippen LogP contribution is -2.40. The van der Waals surface area contributed by atoms with E-state index in [2.05, 4.69) is 5.32 Å². The van der Waals surface area contributed by atoms with Gasteiger partial charge in [0.25, 0.3) is 15.9 Å². The van der Waals surface area contributed by atoms with Crippen molar-refractivity contribution in [3.63, 3.8) is 0 Å². The monoisotopic (exact) mass is 470 g/mol. The highest BCUT2D eigenvalue weighted by molar-refractivity contribution is 7.91. The first-order valence-electron chi connectivity index (χ1n) is 10.5. The maximum Gasteiger partial charge on any atom is 0.252 e. The van der Waals surface area contributed by atoms with Gasteiger partial charge in [0.05, 0.1) is 19.3 Å². The number of carbonyl (C=O) groups excluding carboxylic acids is 1. The minimum atomic E-state index is -3.51. The Balaban J connectivity index is 1.44. The fraction of sp³-hybridized carbons (Fsp3) is 0.292. The average molecular weight is 471 g/mol. The molecule has 1 fully saturated rings. The molecular formula is C24H26N2O4S2. The van der Waals surface area contributed by atoms with Crippen LogP contribution in [0.2, 0.25) is 0 Å². The number of benzene rings is 2. The Morgan fingerprint density at radius 2 is 1.66 bits per heavy atom. The van der Waals surface area contributed by atoms with Crippen LogP contribution in [-0.4, -0.2) is 44.9 Å². The van der Waals surface area contributed by atoms with Crippen molar-refractivity contribution in [3.05, 3.63) is 77.4 Å². The summed E-state index contributed by atoms with van der Waals surface area (Å²) in [4.78, 5) is 13.5. The Morgan fingerprint density at radius 3 is 2.31 bits per heavy atom. The van der Waals surface area contributed by atoms with E-state index in [0.717, 1.165) is 16.0 Å². The molecule has 1 aromatic heterocycles. The number of nitrogens with one attached hydrogen (secondary N) is 1. The Morgan fingerprint density at radius 1 is 1.00 bits per heavy atom. The molecule has 1 aliphatic rings. The number of aryl methyl sites for hydroxylation is 1. The molecule has 4 rings (SSSR count). The molecule has 3 aromatic rings. The zero-order valence-corrected chi connectivity index (χ0v) is 19.7. The third kappa shape index (κ3) is 4.94. The summed E-state index contributed by atoms with van der Waals surface area (Å²) in [6.45, 7) is 5.58. The van der Waals surface area contributed by atoms with Gasteiger partial charge in [-0.25, -0.2) is 8.42 Å². The highest BCUT2D eigenvalue weighted by Crippen LogP contribution is 2.32. The molecule has 6 nitrogen and oxygen atoms in total. The number of sulfonamides is 1. The van der Waals surface area contributed by atoms with Crippen LogP contribution in [0.3, 0.4) is 0 Å². The Kier molecular flexibility index (Phi) is 6.76. The third-order valence-electron chi connectivity index (χ3n) is 5.50. The number of amides is 1. The molecule has 1 atom stereocenters.